The molecule has 1 amide bonds. The summed E-state index contributed by atoms with van der Waals surface area (Å²) in [5, 5.41) is 9.59. The highest BCUT2D eigenvalue weighted by atomic mass is 79.9. The normalized spacial score (nSPS) is 10.5. The molecule has 2 aromatic rings. The fraction of sp³-hybridized carbons (Fsp3) is 0.214. The number of aromatic nitrogens is 1. The minimum absolute atomic E-state index is 0.0691. The van der Waals surface area contributed by atoms with Crippen molar-refractivity contribution < 1.29 is 14.7 Å². The van der Waals surface area contributed by atoms with Gasteiger partial charge in [-0.2, -0.15) is 4.37 Å². The molecular formula is C14H13BrN2O3S. The highest BCUT2D eigenvalue weighted by molar-refractivity contribution is 9.10. The molecule has 2 rings (SSSR count). The molecule has 0 bridgehead atoms. The van der Waals surface area contributed by atoms with Crippen molar-refractivity contribution in [3.05, 3.63) is 45.1 Å². The number of amides is 1. The number of carbonyl (C=O) groups is 2. The van der Waals surface area contributed by atoms with Gasteiger partial charge in [0, 0.05) is 11.5 Å². The molecule has 1 N–H and O–H groups in total. The molecule has 0 radical (unpaired) electrons. The number of carboxylic acid groups (broad SMARTS) is 1. The summed E-state index contributed by atoms with van der Waals surface area (Å²) in [6, 6.07) is 5.45. The number of halogens is 1. The monoisotopic (exact) mass is 368 g/mol. The Kier molecular flexibility index (Phi) is 4.43. The molecule has 5 nitrogen and oxygen atoms in total. The number of anilines is 1. The highest BCUT2D eigenvalue weighted by Crippen LogP contribution is 2.30. The summed E-state index contributed by atoms with van der Waals surface area (Å²) in [4.78, 5) is 25.2. The van der Waals surface area contributed by atoms with Gasteiger partial charge in [0.1, 0.15) is 10.6 Å². The van der Waals surface area contributed by atoms with E-state index in [1.165, 1.54) is 4.90 Å². The lowest BCUT2D eigenvalue weighted by molar-refractivity contribution is 0.0697. The summed E-state index contributed by atoms with van der Waals surface area (Å²) in [5.41, 5.74) is 1.92. The molecule has 0 aliphatic heterocycles. The molecule has 1 aromatic heterocycles. The van der Waals surface area contributed by atoms with Crippen LogP contribution in [0.1, 0.15) is 32.0 Å². The Labute approximate surface area is 134 Å². The van der Waals surface area contributed by atoms with E-state index in [-0.39, 0.29) is 11.5 Å². The predicted molar refractivity (Wildman–Crippen MR) is 85.4 cm³/mol. The predicted octanol–water partition coefficient (Wildman–Crippen LogP) is 3.50. The first-order chi connectivity index (χ1) is 9.82. The molecule has 110 valence electrons. The molecule has 0 spiro atoms. The molecule has 0 aliphatic rings. The second-order valence-electron chi connectivity index (χ2n) is 4.60. The molecule has 1 aromatic carbocycles. The molecule has 0 atom stereocenters. The van der Waals surface area contributed by atoms with E-state index < -0.39 is 5.97 Å². The Morgan fingerprint density at radius 1 is 1.33 bits per heavy atom. The van der Waals surface area contributed by atoms with Crippen LogP contribution in [0.5, 0.6) is 0 Å². The largest absolute Gasteiger partial charge is 0.478 e. The average molecular weight is 369 g/mol. The molecule has 0 aliphatic carbocycles. The topological polar surface area (TPSA) is 70.5 Å². The van der Waals surface area contributed by atoms with Crippen LogP contribution in [0.2, 0.25) is 0 Å². The van der Waals surface area contributed by atoms with Crippen molar-refractivity contribution in [2.24, 2.45) is 0 Å². The highest BCUT2D eigenvalue weighted by Gasteiger charge is 2.25. The van der Waals surface area contributed by atoms with Gasteiger partial charge in [0.15, 0.2) is 0 Å². The Balaban J connectivity index is 2.45. The van der Waals surface area contributed by atoms with E-state index in [1.54, 1.807) is 26.1 Å². The van der Waals surface area contributed by atoms with Gasteiger partial charge in [0.05, 0.1) is 11.3 Å². The van der Waals surface area contributed by atoms with Gasteiger partial charge in [0.2, 0.25) is 0 Å². The molecule has 21 heavy (non-hydrogen) atoms. The Hall–Kier alpha value is -1.73. The fourth-order valence-corrected chi connectivity index (χ4v) is 3.17. The summed E-state index contributed by atoms with van der Waals surface area (Å²) in [6.45, 7) is 3.51. The standard InChI is InChI=1S/C14H13BrN2O3S/c1-7-4-5-10(15)9(6-7)12(18)17(3)13-11(14(19)20)8(2)16-21-13/h4-6H,1-3H3,(H,19,20). The Morgan fingerprint density at radius 2 is 2.00 bits per heavy atom. The van der Waals surface area contributed by atoms with Crippen LogP contribution in [0.4, 0.5) is 5.00 Å². The fourth-order valence-electron chi connectivity index (χ4n) is 1.91. The molecule has 0 saturated carbocycles. The SMILES string of the molecule is Cc1ccc(Br)c(C(=O)N(C)c2snc(C)c2C(=O)O)c1. The van der Waals surface area contributed by atoms with E-state index >= 15 is 0 Å². The van der Waals surface area contributed by atoms with Crippen molar-refractivity contribution in [3.63, 3.8) is 0 Å². The zero-order valence-corrected chi connectivity index (χ0v) is 14.1. The second kappa shape index (κ2) is 5.95. The lowest BCUT2D eigenvalue weighted by Gasteiger charge is -2.17. The minimum Gasteiger partial charge on any atom is -0.478 e. The van der Waals surface area contributed by atoms with Gasteiger partial charge in [-0.05, 0) is 53.4 Å². The Morgan fingerprint density at radius 3 is 2.62 bits per heavy atom. The van der Waals surface area contributed by atoms with Gasteiger partial charge in [-0.25, -0.2) is 4.79 Å². The van der Waals surface area contributed by atoms with Crippen molar-refractivity contribution in [1.29, 1.82) is 0 Å². The molecule has 1 heterocycles. The van der Waals surface area contributed by atoms with Crippen molar-refractivity contribution in [2.75, 3.05) is 11.9 Å². The van der Waals surface area contributed by atoms with Gasteiger partial charge in [-0.1, -0.05) is 11.6 Å². The zero-order valence-electron chi connectivity index (χ0n) is 11.7. The molecular weight excluding hydrogens is 356 g/mol. The van der Waals surface area contributed by atoms with Crippen LogP contribution >= 0.6 is 27.5 Å². The van der Waals surface area contributed by atoms with Crippen molar-refractivity contribution >= 4 is 44.3 Å². The van der Waals surface area contributed by atoms with Crippen molar-refractivity contribution in [1.82, 2.24) is 4.37 Å². The minimum atomic E-state index is -1.08. The molecule has 7 heteroatoms. The van der Waals surface area contributed by atoms with Gasteiger partial charge in [-0.15, -0.1) is 0 Å². The maximum atomic E-state index is 12.6. The Bertz CT molecular complexity index is 727. The number of rotatable bonds is 3. The van der Waals surface area contributed by atoms with Gasteiger partial charge < -0.3 is 10.0 Å². The van der Waals surface area contributed by atoms with Gasteiger partial charge in [0.25, 0.3) is 5.91 Å². The first kappa shape index (κ1) is 15.7. The number of carbonyl (C=O) groups excluding carboxylic acids is 1. The summed E-state index contributed by atoms with van der Waals surface area (Å²) in [5.74, 6) is -1.36. The van der Waals surface area contributed by atoms with Crippen LogP contribution in [0, 0.1) is 13.8 Å². The van der Waals surface area contributed by atoms with E-state index in [2.05, 4.69) is 20.3 Å². The van der Waals surface area contributed by atoms with Crippen LogP contribution in [0.15, 0.2) is 22.7 Å². The third-order valence-corrected chi connectivity index (χ3v) is 4.73. The molecule has 0 saturated heterocycles. The third-order valence-electron chi connectivity index (χ3n) is 3.02. The van der Waals surface area contributed by atoms with Gasteiger partial charge in [-0.3, -0.25) is 4.79 Å². The summed E-state index contributed by atoms with van der Waals surface area (Å²) in [7, 11) is 1.55. The lowest BCUT2D eigenvalue weighted by Crippen LogP contribution is -2.27. The van der Waals surface area contributed by atoms with Gasteiger partial charge >= 0.3 is 5.97 Å². The summed E-state index contributed by atoms with van der Waals surface area (Å²) in [6.07, 6.45) is 0. The number of aryl methyl sites for hydroxylation is 2. The quantitative estimate of drug-likeness (QED) is 0.899. The number of nitrogens with zero attached hydrogens (tertiary/aromatic N) is 2. The van der Waals surface area contributed by atoms with E-state index in [0.717, 1.165) is 17.1 Å². The van der Waals surface area contributed by atoms with Crippen molar-refractivity contribution in [3.8, 4) is 0 Å². The maximum absolute atomic E-state index is 12.6. The van der Waals surface area contributed by atoms with E-state index in [4.69, 9.17) is 0 Å². The summed E-state index contributed by atoms with van der Waals surface area (Å²) >= 11 is 4.35. The first-order valence-corrected chi connectivity index (χ1v) is 7.63. The van der Waals surface area contributed by atoms with E-state index in [0.29, 0.717) is 20.7 Å². The first-order valence-electron chi connectivity index (χ1n) is 6.06. The van der Waals surface area contributed by atoms with Crippen LogP contribution in [-0.4, -0.2) is 28.4 Å². The number of hydrogen-bond acceptors (Lipinski definition) is 4. The zero-order chi connectivity index (χ0) is 15.7. The van der Waals surface area contributed by atoms with Crippen molar-refractivity contribution in [2.45, 2.75) is 13.8 Å². The number of hydrogen-bond donors (Lipinski definition) is 1. The van der Waals surface area contributed by atoms with E-state index in [9.17, 15) is 14.7 Å². The second-order valence-corrected chi connectivity index (χ2v) is 6.21. The van der Waals surface area contributed by atoms with E-state index in [1.807, 2.05) is 13.0 Å². The smallest absolute Gasteiger partial charge is 0.340 e. The maximum Gasteiger partial charge on any atom is 0.340 e. The summed E-state index contributed by atoms with van der Waals surface area (Å²) < 4.78 is 4.70. The number of aromatic carboxylic acids is 1. The molecule has 0 fully saturated rings. The van der Waals surface area contributed by atoms with Crippen LogP contribution in [-0.2, 0) is 0 Å². The molecule has 0 unspecified atom stereocenters. The van der Waals surface area contributed by atoms with Crippen LogP contribution < -0.4 is 4.90 Å². The van der Waals surface area contributed by atoms with Crippen LogP contribution in [0.25, 0.3) is 0 Å². The number of carboxylic acids is 1. The average Bonchev–Trinajstić information content (AvgIpc) is 2.81. The third kappa shape index (κ3) is 2.98. The van der Waals surface area contributed by atoms with Crippen LogP contribution in [0.3, 0.4) is 0 Å². The lowest BCUT2D eigenvalue weighted by atomic mass is 10.1. The number of benzene rings is 1.